The Morgan fingerprint density at radius 3 is 2.55 bits per heavy atom. The Kier molecular flexibility index (Phi) is 5.47. The van der Waals surface area contributed by atoms with Gasteiger partial charge in [0.1, 0.15) is 0 Å². The maximum atomic E-state index is 12.3. The first kappa shape index (κ1) is 19.8. The van der Waals surface area contributed by atoms with Crippen molar-refractivity contribution >= 4 is 11.7 Å². The zero-order chi connectivity index (χ0) is 21.2. The van der Waals surface area contributed by atoms with Crippen LogP contribution in [0.2, 0.25) is 0 Å². The molecule has 3 aromatic rings. The molecule has 160 valence electrons. The molecule has 0 spiro atoms. The summed E-state index contributed by atoms with van der Waals surface area (Å²) in [5.74, 6) is 1.13. The van der Waals surface area contributed by atoms with Crippen LogP contribution < -0.4 is 10.6 Å². The molecular formula is C25H29N5O. The summed E-state index contributed by atoms with van der Waals surface area (Å²) >= 11 is 0. The van der Waals surface area contributed by atoms with Gasteiger partial charge in [-0.1, -0.05) is 48.5 Å². The zero-order valence-corrected chi connectivity index (χ0v) is 17.9. The molecule has 0 saturated carbocycles. The van der Waals surface area contributed by atoms with E-state index < -0.39 is 0 Å². The minimum Gasteiger partial charge on any atom is -0.336 e. The van der Waals surface area contributed by atoms with E-state index in [9.17, 15) is 4.79 Å². The van der Waals surface area contributed by atoms with Crippen LogP contribution in [-0.4, -0.2) is 46.4 Å². The van der Waals surface area contributed by atoms with E-state index in [0.29, 0.717) is 24.4 Å². The molecule has 3 aliphatic heterocycles. The van der Waals surface area contributed by atoms with E-state index in [1.807, 2.05) is 36.4 Å². The topological polar surface area (TPSA) is 62.2 Å². The molecule has 3 saturated heterocycles. The Bertz CT molecular complexity index is 1030. The highest BCUT2D eigenvalue weighted by Crippen LogP contribution is 2.42. The molecule has 31 heavy (non-hydrogen) atoms. The van der Waals surface area contributed by atoms with E-state index in [0.717, 1.165) is 36.5 Å². The van der Waals surface area contributed by atoms with Gasteiger partial charge < -0.3 is 10.6 Å². The molecule has 2 bridgehead atoms. The van der Waals surface area contributed by atoms with Crippen molar-refractivity contribution in [2.75, 3.05) is 25.0 Å². The summed E-state index contributed by atoms with van der Waals surface area (Å²) in [6.07, 6.45) is 2.32. The summed E-state index contributed by atoms with van der Waals surface area (Å²) < 4.78 is 2.06. The molecule has 2 amide bonds. The molecule has 6 nitrogen and oxygen atoms in total. The average Bonchev–Trinajstić information content (AvgIpc) is 3.21. The Labute approximate surface area is 183 Å². The number of nitrogens with zero attached hydrogens (tertiary/aromatic N) is 3. The minimum atomic E-state index is -0.135. The lowest BCUT2D eigenvalue weighted by molar-refractivity contribution is 0.0296. The van der Waals surface area contributed by atoms with Gasteiger partial charge in [0.15, 0.2) is 0 Å². The zero-order valence-electron chi connectivity index (χ0n) is 17.9. The summed E-state index contributed by atoms with van der Waals surface area (Å²) in [7, 11) is 2.06. The summed E-state index contributed by atoms with van der Waals surface area (Å²) in [4.78, 5) is 14.8. The van der Waals surface area contributed by atoms with Crippen LogP contribution >= 0.6 is 0 Å². The number of rotatable bonds is 5. The number of aryl methyl sites for hydroxylation is 1. The summed E-state index contributed by atoms with van der Waals surface area (Å²) in [5.41, 5.74) is 4.35. The van der Waals surface area contributed by atoms with Crippen LogP contribution in [-0.2, 0) is 7.05 Å². The van der Waals surface area contributed by atoms with Crippen molar-refractivity contribution in [2.45, 2.75) is 24.8 Å². The highest BCUT2D eigenvalue weighted by atomic mass is 16.2. The molecule has 1 aromatic heterocycles. The maximum absolute atomic E-state index is 12.3. The normalized spacial score (nSPS) is 24.7. The van der Waals surface area contributed by atoms with Crippen LogP contribution in [0.5, 0.6) is 0 Å². The monoisotopic (exact) mass is 415 g/mol. The van der Waals surface area contributed by atoms with Crippen molar-refractivity contribution in [1.82, 2.24) is 20.0 Å². The van der Waals surface area contributed by atoms with Gasteiger partial charge in [0, 0.05) is 49.0 Å². The van der Waals surface area contributed by atoms with Crippen LogP contribution in [0.4, 0.5) is 10.5 Å². The fourth-order valence-electron chi connectivity index (χ4n) is 5.17. The molecule has 4 heterocycles. The largest absolute Gasteiger partial charge is 0.336 e. The third kappa shape index (κ3) is 4.21. The summed E-state index contributed by atoms with van der Waals surface area (Å²) in [6, 6.07) is 22.5. The van der Waals surface area contributed by atoms with E-state index in [1.54, 1.807) is 0 Å². The van der Waals surface area contributed by atoms with Gasteiger partial charge in [0.2, 0.25) is 0 Å². The molecule has 2 aromatic carbocycles. The van der Waals surface area contributed by atoms with Crippen LogP contribution in [0.1, 0.15) is 24.5 Å². The van der Waals surface area contributed by atoms with E-state index >= 15 is 0 Å². The van der Waals surface area contributed by atoms with Crippen molar-refractivity contribution < 1.29 is 4.79 Å². The number of urea groups is 1. The van der Waals surface area contributed by atoms with E-state index in [-0.39, 0.29) is 6.03 Å². The van der Waals surface area contributed by atoms with Gasteiger partial charge in [0.05, 0.1) is 5.69 Å². The highest BCUT2D eigenvalue weighted by Gasteiger charge is 2.41. The molecule has 4 unspecified atom stereocenters. The minimum absolute atomic E-state index is 0.135. The number of benzene rings is 2. The molecule has 6 rings (SSSR count). The number of fused-ring (bicyclic) bond motifs is 3. The van der Waals surface area contributed by atoms with Gasteiger partial charge in [-0.25, -0.2) is 4.79 Å². The molecule has 3 fully saturated rings. The highest BCUT2D eigenvalue weighted by molar-refractivity contribution is 5.89. The molecular weight excluding hydrogens is 386 g/mol. The lowest BCUT2D eigenvalue weighted by Gasteiger charge is -2.49. The van der Waals surface area contributed by atoms with Gasteiger partial charge in [-0.15, -0.1) is 0 Å². The number of carbonyl (C=O) groups is 1. The van der Waals surface area contributed by atoms with Crippen LogP contribution in [0.3, 0.4) is 0 Å². The van der Waals surface area contributed by atoms with Crippen molar-refractivity contribution in [2.24, 2.45) is 13.0 Å². The number of nitrogens with one attached hydrogen (secondary N) is 2. The standard InChI is InChI=1S/C25H29N5O/c1-29-24(15-23(28-29)18-8-4-2-5-9-18)22-17-30-13-12-19(22)14-21(30)16-26-25(31)27-20-10-6-3-7-11-20/h2-11,15,19,21-22H,12-14,16-17H2,1H3,(H2,26,27,31). The number of aromatic nitrogens is 2. The number of piperidine rings is 3. The Morgan fingerprint density at radius 1 is 1.10 bits per heavy atom. The van der Waals surface area contributed by atoms with Crippen molar-refractivity contribution in [3.63, 3.8) is 0 Å². The Balaban J connectivity index is 1.21. The number of anilines is 1. The fraction of sp³-hybridized carbons (Fsp3) is 0.360. The summed E-state index contributed by atoms with van der Waals surface area (Å²) in [6.45, 7) is 2.82. The predicted molar refractivity (Wildman–Crippen MR) is 123 cm³/mol. The average molecular weight is 416 g/mol. The van der Waals surface area contributed by atoms with Gasteiger partial charge in [-0.2, -0.15) is 5.10 Å². The smallest absolute Gasteiger partial charge is 0.319 e. The maximum Gasteiger partial charge on any atom is 0.319 e. The second-order valence-corrected chi connectivity index (χ2v) is 8.68. The Morgan fingerprint density at radius 2 is 1.84 bits per heavy atom. The molecule has 2 N–H and O–H groups in total. The third-order valence-electron chi connectivity index (χ3n) is 6.77. The Hall–Kier alpha value is -3.12. The van der Waals surface area contributed by atoms with E-state index in [2.05, 4.69) is 57.6 Å². The third-order valence-corrected chi connectivity index (χ3v) is 6.77. The molecule has 0 radical (unpaired) electrons. The van der Waals surface area contributed by atoms with Gasteiger partial charge in [-0.05, 0) is 43.5 Å². The molecule has 6 heteroatoms. The lowest BCUT2D eigenvalue weighted by Crippen LogP contribution is -2.56. The number of hydrogen-bond donors (Lipinski definition) is 2. The van der Waals surface area contributed by atoms with E-state index in [4.69, 9.17) is 5.10 Å². The number of hydrogen-bond acceptors (Lipinski definition) is 3. The van der Waals surface area contributed by atoms with Crippen molar-refractivity contribution in [1.29, 1.82) is 0 Å². The number of para-hydroxylation sites is 1. The molecule has 3 aliphatic rings. The van der Waals surface area contributed by atoms with Crippen molar-refractivity contribution in [3.05, 3.63) is 72.4 Å². The first-order chi connectivity index (χ1) is 15.2. The van der Waals surface area contributed by atoms with Gasteiger partial charge >= 0.3 is 6.03 Å². The first-order valence-corrected chi connectivity index (χ1v) is 11.1. The lowest BCUT2D eigenvalue weighted by atomic mass is 9.74. The predicted octanol–water partition coefficient (Wildman–Crippen LogP) is 4.09. The quantitative estimate of drug-likeness (QED) is 0.660. The summed E-state index contributed by atoms with van der Waals surface area (Å²) in [5, 5.41) is 10.8. The molecule has 4 atom stereocenters. The van der Waals surface area contributed by atoms with Gasteiger partial charge in [-0.3, -0.25) is 9.58 Å². The SMILES string of the molecule is Cn1nc(-c2ccccc2)cc1C1CN2CCC1CC2CNC(=O)Nc1ccccc1. The van der Waals surface area contributed by atoms with Crippen LogP contribution in [0.15, 0.2) is 66.7 Å². The van der Waals surface area contributed by atoms with Crippen LogP contribution in [0, 0.1) is 5.92 Å². The van der Waals surface area contributed by atoms with Gasteiger partial charge in [0.25, 0.3) is 0 Å². The second-order valence-electron chi connectivity index (χ2n) is 8.68. The fourth-order valence-corrected chi connectivity index (χ4v) is 5.17. The van der Waals surface area contributed by atoms with Crippen molar-refractivity contribution in [3.8, 4) is 11.3 Å². The van der Waals surface area contributed by atoms with E-state index in [1.165, 1.54) is 12.1 Å². The first-order valence-electron chi connectivity index (χ1n) is 11.1. The number of amides is 2. The molecule has 0 aliphatic carbocycles. The van der Waals surface area contributed by atoms with Crippen LogP contribution in [0.25, 0.3) is 11.3 Å². The number of carbonyl (C=O) groups excluding carboxylic acids is 1. The second kappa shape index (κ2) is 8.55.